The van der Waals surface area contributed by atoms with E-state index in [0.717, 1.165) is 18.1 Å². The molecule has 0 radical (unpaired) electrons. The van der Waals surface area contributed by atoms with Gasteiger partial charge in [-0.25, -0.2) is 4.98 Å². The first-order valence-electron chi connectivity index (χ1n) is 6.67. The van der Waals surface area contributed by atoms with Crippen molar-refractivity contribution in [3.63, 3.8) is 0 Å². The van der Waals surface area contributed by atoms with Crippen LogP contribution in [-0.2, 0) is 19.3 Å². The van der Waals surface area contributed by atoms with Crippen LogP contribution in [0.5, 0.6) is 0 Å². The summed E-state index contributed by atoms with van der Waals surface area (Å²) in [6.45, 7) is 5.22. The Kier molecular flexibility index (Phi) is 5.52. The zero-order valence-corrected chi connectivity index (χ0v) is 13.6. The number of nitrogens with zero attached hydrogens (tertiary/aromatic N) is 2. The average Bonchev–Trinajstić information content (AvgIpc) is 2.75. The molecule has 108 valence electrons. The number of hydrogen-bond donors (Lipinski definition) is 1. The molecule has 2 rings (SSSR count). The highest BCUT2D eigenvalue weighted by molar-refractivity contribution is 7.98. The van der Waals surface area contributed by atoms with Crippen molar-refractivity contribution in [3.05, 3.63) is 47.0 Å². The Balaban J connectivity index is 1.89. The zero-order valence-electron chi connectivity index (χ0n) is 12.1. The normalized spacial score (nSPS) is 11.2. The molecule has 0 amide bonds. The van der Waals surface area contributed by atoms with Crippen molar-refractivity contribution >= 4 is 23.4 Å². The molecule has 0 bridgehead atoms. The van der Waals surface area contributed by atoms with E-state index in [1.54, 1.807) is 18.0 Å². The molecule has 0 aliphatic rings. The molecule has 5 heteroatoms. The molecule has 1 aromatic heterocycles. The lowest BCUT2D eigenvalue weighted by Crippen LogP contribution is -2.21. The van der Waals surface area contributed by atoms with E-state index in [2.05, 4.69) is 48.4 Å². The molecule has 0 saturated carbocycles. The van der Waals surface area contributed by atoms with Crippen LogP contribution in [0.15, 0.2) is 35.4 Å². The van der Waals surface area contributed by atoms with Gasteiger partial charge in [0.2, 0.25) is 0 Å². The molecule has 0 aliphatic heterocycles. The molecule has 0 fully saturated rings. The molecule has 1 N–H and O–H groups in total. The molecule has 1 heterocycles. The van der Waals surface area contributed by atoms with E-state index in [1.165, 1.54) is 10.5 Å². The summed E-state index contributed by atoms with van der Waals surface area (Å²) in [6, 6.07) is 9.17. The molecule has 1 aromatic carbocycles. The monoisotopic (exact) mass is 309 g/mol. The predicted octanol–water partition coefficient (Wildman–Crippen LogP) is 3.86. The highest BCUT2D eigenvalue weighted by atomic mass is 35.5. The number of thioether (sulfide) groups is 1. The molecule has 0 unspecified atom stereocenters. The van der Waals surface area contributed by atoms with Gasteiger partial charge in [0.15, 0.2) is 0 Å². The minimum Gasteiger partial charge on any atom is -0.322 e. The van der Waals surface area contributed by atoms with Crippen molar-refractivity contribution in [2.75, 3.05) is 0 Å². The Labute approximate surface area is 129 Å². The van der Waals surface area contributed by atoms with Crippen LogP contribution in [0.4, 0.5) is 0 Å². The SMILES string of the molecule is CC(C)NCc1ccc(SCc2ncc(Cl)n2C)cc1. The number of rotatable bonds is 6. The average molecular weight is 310 g/mol. The maximum Gasteiger partial charge on any atom is 0.128 e. The van der Waals surface area contributed by atoms with Gasteiger partial charge in [0, 0.05) is 24.5 Å². The number of halogens is 1. The second-order valence-electron chi connectivity index (χ2n) is 5.02. The number of benzene rings is 1. The molecule has 3 nitrogen and oxygen atoms in total. The van der Waals surface area contributed by atoms with Crippen molar-refractivity contribution in [1.82, 2.24) is 14.9 Å². The summed E-state index contributed by atoms with van der Waals surface area (Å²) in [5.74, 6) is 1.82. The summed E-state index contributed by atoms with van der Waals surface area (Å²) in [4.78, 5) is 5.54. The van der Waals surface area contributed by atoms with Crippen LogP contribution in [0.2, 0.25) is 5.15 Å². The van der Waals surface area contributed by atoms with E-state index in [9.17, 15) is 0 Å². The maximum atomic E-state index is 5.98. The second kappa shape index (κ2) is 7.16. The smallest absolute Gasteiger partial charge is 0.128 e. The third-order valence-electron chi connectivity index (χ3n) is 3.03. The van der Waals surface area contributed by atoms with E-state index in [0.29, 0.717) is 11.2 Å². The van der Waals surface area contributed by atoms with Gasteiger partial charge in [-0.3, -0.25) is 0 Å². The van der Waals surface area contributed by atoms with E-state index in [4.69, 9.17) is 11.6 Å². The number of nitrogens with one attached hydrogen (secondary N) is 1. The lowest BCUT2D eigenvalue weighted by Gasteiger charge is -2.08. The van der Waals surface area contributed by atoms with E-state index >= 15 is 0 Å². The van der Waals surface area contributed by atoms with Gasteiger partial charge in [-0.05, 0) is 17.7 Å². The van der Waals surface area contributed by atoms with Gasteiger partial charge >= 0.3 is 0 Å². The topological polar surface area (TPSA) is 29.9 Å². The third kappa shape index (κ3) is 4.27. The first kappa shape index (κ1) is 15.4. The lowest BCUT2D eigenvalue weighted by atomic mass is 10.2. The van der Waals surface area contributed by atoms with Crippen molar-refractivity contribution in [2.45, 2.75) is 37.1 Å². The minimum atomic E-state index is 0.511. The summed E-state index contributed by atoms with van der Waals surface area (Å²) in [7, 11) is 1.94. The molecule has 0 spiro atoms. The van der Waals surface area contributed by atoms with Crippen LogP contribution in [-0.4, -0.2) is 15.6 Å². The molecule has 20 heavy (non-hydrogen) atoms. The van der Waals surface area contributed by atoms with Crippen molar-refractivity contribution in [2.24, 2.45) is 7.05 Å². The third-order valence-corrected chi connectivity index (χ3v) is 4.39. The van der Waals surface area contributed by atoms with Gasteiger partial charge in [-0.2, -0.15) is 0 Å². The largest absolute Gasteiger partial charge is 0.322 e. The molecular weight excluding hydrogens is 290 g/mol. The van der Waals surface area contributed by atoms with Gasteiger partial charge in [0.1, 0.15) is 11.0 Å². The summed E-state index contributed by atoms with van der Waals surface area (Å²) < 4.78 is 1.91. The number of hydrogen-bond acceptors (Lipinski definition) is 3. The molecule has 2 aromatic rings. The Bertz CT molecular complexity index is 549. The highest BCUT2D eigenvalue weighted by Gasteiger charge is 2.05. The van der Waals surface area contributed by atoms with Crippen LogP contribution >= 0.6 is 23.4 Å². The Hall–Kier alpha value is -0.970. The fourth-order valence-corrected chi connectivity index (χ4v) is 2.77. The molecular formula is C15H20ClN3S. The standard InChI is InChI=1S/C15H20ClN3S/c1-11(2)17-8-12-4-6-13(7-5-12)20-10-15-18-9-14(16)19(15)3/h4-7,9,11,17H,8,10H2,1-3H3. The van der Waals surface area contributed by atoms with E-state index in [1.807, 2.05) is 11.6 Å². The zero-order chi connectivity index (χ0) is 14.5. The van der Waals surface area contributed by atoms with Gasteiger partial charge in [0.05, 0.1) is 11.9 Å². The van der Waals surface area contributed by atoms with Crippen LogP contribution in [0.25, 0.3) is 0 Å². The Morgan fingerprint density at radius 1 is 1.30 bits per heavy atom. The summed E-state index contributed by atoms with van der Waals surface area (Å²) in [5, 5.41) is 4.09. The van der Waals surface area contributed by atoms with Gasteiger partial charge in [0.25, 0.3) is 0 Å². The van der Waals surface area contributed by atoms with Crippen molar-refractivity contribution in [1.29, 1.82) is 0 Å². The lowest BCUT2D eigenvalue weighted by molar-refractivity contribution is 0.588. The van der Waals surface area contributed by atoms with Gasteiger partial charge in [-0.1, -0.05) is 37.6 Å². The van der Waals surface area contributed by atoms with Crippen molar-refractivity contribution < 1.29 is 0 Å². The summed E-state index contributed by atoms with van der Waals surface area (Å²) in [6.07, 6.45) is 1.69. The first-order valence-corrected chi connectivity index (χ1v) is 8.04. The van der Waals surface area contributed by atoms with Crippen LogP contribution in [0, 0.1) is 0 Å². The molecule has 0 aliphatic carbocycles. The second-order valence-corrected chi connectivity index (χ2v) is 6.46. The number of aromatic nitrogens is 2. The van der Waals surface area contributed by atoms with Crippen molar-refractivity contribution in [3.8, 4) is 0 Å². The minimum absolute atomic E-state index is 0.511. The summed E-state index contributed by atoms with van der Waals surface area (Å²) in [5.41, 5.74) is 1.31. The van der Waals surface area contributed by atoms with E-state index < -0.39 is 0 Å². The van der Waals surface area contributed by atoms with Crippen LogP contribution < -0.4 is 5.32 Å². The highest BCUT2D eigenvalue weighted by Crippen LogP contribution is 2.23. The maximum absolute atomic E-state index is 5.98. The molecule has 0 atom stereocenters. The molecule has 0 saturated heterocycles. The fourth-order valence-electron chi connectivity index (χ4n) is 1.73. The number of imidazole rings is 1. The van der Waals surface area contributed by atoms with E-state index in [-0.39, 0.29) is 0 Å². The fraction of sp³-hybridized carbons (Fsp3) is 0.400. The van der Waals surface area contributed by atoms with Crippen LogP contribution in [0.1, 0.15) is 25.2 Å². The van der Waals surface area contributed by atoms with Gasteiger partial charge < -0.3 is 9.88 Å². The summed E-state index contributed by atoms with van der Waals surface area (Å²) >= 11 is 7.75. The Morgan fingerprint density at radius 2 is 2.00 bits per heavy atom. The first-order chi connectivity index (χ1) is 9.56. The van der Waals surface area contributed by atoms with Gasteiger partial charge in [-0.15, -0.1) is 11.8 Å². The Morgan fingerprint density at radius 3 is 2.55 bits per heavy atom. The van der Waals surface area contributed by atoms with Crippen LogP contribution in [0.3, 0.4) is 0 Å². The predicted molar refractivity (Wildman–Crippen MR) is 86.2 cm³/mol. The quantitative estimate of drug-likeness (QED) is 0.822.